The lowest BCUT2D eigenvalue weighted by Gasteiger charge is -2.17. The SMILES string of the molecule is CCN(CC)C(=O)Oc1ccc2c(c1)O/C(=C/c1ccc([N+](=O)[O-])cc1)C2=O. The zero-order valence-corrected chi connectivity index (χ0v) is 15.4. The van der Waals surface area contributed by atoms with Gasteiger partial charge in [0.2, 0.25) is 5.78 Å². The molecule has 0 fully saturated rings. The van der Waals surface area contributed by atoms with Crippen molar-refractivity contribution < 1.29 is 24.0 Å². The highest BCUT2D eigenvalue weighted by Crippen LogP contribution is 2.35. The van der Waals surface area contributed by atoms with Gasteiger partial charge in [-0.3, -0.25) is 14.9 Å². The summed E-state index contributed by atoms with van der Waals surface area (Å²) in [5.41, 5.74) is 0.912. The highest BCUT2D eigenvalue weighted by molar-refractivity contribution is 6.14. The molecule has 0 saturated carbocycles. The molecular formula is C20H18N2O6. The third kappa shape index (κ3) is 3.85. The van der Waals surface area contributed by atoms with E-state index in [0.717, 1.165) is 0 Å². The van der Waals surface area contributed by atoms with Crippen LogP contribution in [-0.4, -0.2) is 34.8 Å². The van der Waals surface area contributed by atoms with E-state index in [2.05, 4.69) is 0 Å². The zero-order valence-electron chi connectivity index (χ0n) is 15.4. The molecule has 0 unspecified atom stereocenters. The number of Topliss-reactive ketones (excluding diaryl/α,β-unsaturated/α-hetero) is 1. The number of benzene rings is 2. The Kier molecular flexibility index (Phi) is 5.39. The number of carbonyl (C=O) groups excluding carboxylic acids is 2. The van der Waals surface area contributed by atoms with Gasteiger partial charge in [0.1, 0.15) is 11.5 Å². The number of rotatable bonds is 5. The minimum Gasteiger partial charge on any atom is -0.452 e. The summed E-state index contributed by atoms with van der Waals surface area (Å²) in [6.07, 6.45) is 1.03. The summed E-state index contributed by atoms with van der Waals surface area (Å²) in [4.78, 5) is 36.3. The molecule has 1 aliphatic rings. The van der Waals surface area contributed by atoms with Gasteiger partial charge >= 0.3 is 6.09 Å². The van der Waals surface area contributed by atoms with Crippen molar-refractivity contribution in [2.75, 3.05) is 13.1 Å². The van der Waals surface area contributed by atoms with Crippen molar-refractivity contribution in [3.63, 3.8) is 0 Å². The fourth-order valence-electron chi connectivity index (χ4n) is 2.72. The van der Waals surface area contributed by atoms with Crippen molar-refractivity contribution in [2.24, 2.45) is 0 Å². The summed E-state index contributed by atoms with van der Waals surface area (Å²) in [5.74, 6) is 0.356. The van der Waals surface area contributed by atoms with E-state index in [1.165, 1.54) is 47.4 Å². The van der Waals surface area contributed by atoms with E-state index in [9.17, 15) is 19.7 Å². The largest absolute Gasteiger partial charge is 0.452 e. The normalized spacial score (nSPS) is 13.8. The standard InChI is InChI=1S/C20H18N2O6/c1-3-21(4-2)20(24)27-15-9-10-16-17(12-15)28-18(19(16)23)11-13-5-7-14(8-6-13)22(25)26/h5-12H,3-4H2,1-2H3/b18-11+. The van der Waals surface area contributed by atoms with Crippen molar-refractivity contribution in [2.45, 2.75) is 13.8 Å². The number of allylic oxidation sites excluding steroid dienone is 1. The van der Waals surface area contributed by atoms with Crippen LogP contribution in [0.5, 0.6) is 11.5 Å². The maximum absolute atomic E-state index is 12.5. The zero-order chi connectivity index (χ0) is 20.3. The smallest absolute Gasteiger partial charge is 0.415 e. The van der Waals surface area contributed by atoms with Crippen molar-refractivity contribution in [3.8, 4) is 11.5 Å². The van der Waals surface area contributed by atoms with Gasteiger partial charge in [0, 0.05) is 31.3 Å². The van der Waals surface area contributed by atoms with E-state index in [1.807, 2.05) is 13.8 Å². The first-order valence-corrected chi connectivity index (χ1v) is 8.72. The van der Waals surface area contributed by atoms with Gasteiger partial charge in [-0.15, -0.1) is 0 Å². The van der Waals surface area contributed by atoms with Crippen LogP contribution in [0.25, 0.3) is 6.08 Å². The predicted octanol–water partition coefficient (Wildman–Crippen LogP) is 4.05. The molecule has 8 heteroatoms. The first-order chi connectivity index (χ1) is 13.4. The summed E-state index contributed by atoms with van der Waals surface area (Å²) < 4.78 is 10.9. The second-order valence-electron chi connectivity index (χ2n) is 5.99. The first kappa shape index (κ1) is 19.1. The molecule has 8 nitrogen and oxygen atoms in total. The Labute approximate surface area is 161 Å². The Morgan fingerprint density at radius 2 is 1.86 bits per heavy atom. The van der Waals surface area contributed by atoms with Gasteiger partial charge in [-0.2, -0.15) is 0 Å². The number of nitrogens with zero attached hydrogens (tertiary/aromatic N) is 2. The summed E-state index contributed by atoms with van der Waals surface area (Å²) in [5, 5.41) is 10.7. The molecule has 0 bridgehead atoms. The van der Waals surface area contributed by atoms with E-state index in [0.29, 0.717) is 30.0 Å². The number of amides is 1. The van der Waals surface area contributed by atoms with Crippen LogP contribution in [0.4, 0.5) is 10.5 Å². The van der Waals surface area contributed by atoms with Crippen LogP contribution in [0.1, 0.15) is 29.8 Å². The first-order valence-electron chi connectivity index (χ1n) is 8.72. The van der Waals surface area contributed by atoms with Crippen LogP contribution in [0.15, 0.2) is 48.2 Å². The van der Waals surface area contributed by atoms with E-state index in [4.69, 9.17) is 9.47 Å². The van der Waals surface area contributed by atoms with Crippen LogP contribution in [0.3, 0.4) is 0 Å². The van der Waals surface area contributed by atoms with Gasteiger partial charge in [-0.1, -0.05) is 0 Å². The minimum atomic E-state index is -0.495. The molecule has 0 spiro atoms. The number of ketones is 1. The molecule has 1 heterocycles. The van der Waals surface area contributed by atoms with Crippen molar-refractivity contribution >= 4 is 23.6 Å². The Morgan fingerprint density at radius 1 is 1.18 bits per heavy atom. The fourth-order valence-corrected chi connectivity index (χ4v) is 2.72. The van der Waals surface area contributed by atoms with E-state index in [-0.39, 0.29) is 23.0 Å². The van der Waals surface area contributed by atoms with Gasteiger partial charge in [0.15, 0.2) is 5.76 Å². The quantitative estimate of drug-likeness (QED) is 0.439. The summed E-state index contributed by atoms with van der Waals surface area (Å²) in [6, 6.07) is 10.3. The van der Waals surface area contributed by atoms with Crippen molar-refractivity contribution in [3.05, 3.63) is 69.5 Å². The molecule has 2 aromatic carbocycles. The number of carbonyl (C=O) groups is 2. The van der Waals surface area contributed by atoms with Crippen LogP contribution >= 0.6 is 0 Å². The van der Waals surface area contributed by atoms with Crippen LogP contribution in [-0.2, 0) is 0 Å². The van der Waals surface area contributed by atoms with E-state index < -0.39 is 11.0 Å². The number of hydrogen-bond donors (Lipinski definition) is 0. The molecular weight excluding hydrogens is 364 g/mol. The highest BCUT2D eigenvalue weighted by atomic mass is 16.6. The Balaban J connectivity index is 1.79. The van der Waals surface area contributed by atoms with E-state index >= 15 is 0 Å². The molecule has 2 aromatic rings. The minimum absolute atomic E-state index is 0.0382. The number of nitro benzene ring substituents is 1. The maximum Gasteiger partial charge on any atom is 0.415 e. The van der Waals surface area contributed by atoms with Gasteiger partial charge in [-0.05, 0) is 49.8 Å². The molecule has 0 aliphatic carbocycles. The lowest BCUT2D eigenvalue weighted by molar-refractivity contribution is -0.384. The van der Waals surface area contributed by atoms with Crippen molar-refractivity contribution in [1.82, 2.24) is 4.90 Å². The summed E-state index contributed by atoms with van der Waals surface area (Å²) >= 11 is 0. The van der Waals surface area contributed by atoms with Crippen LogP contribution < -0.4 is 9.47 Å². The molecule has 1 amide bonds. The monoisotopic (exact) mass is 382 g/mol. The lowest BCUT2D eigenvalue weighted by atomic mass is 10.1. The molecule has 0 aromatic heterocycles. The second kappa shape index (κ2) is 7.91. The lowest BCUT2D eigenvalue weighted by Crippen LogP contribution is -2.33. The average Bonchev–Trinajstić information content (AvgIpc) is 2.98. The fraction of sp³-hybridized carbons (Fsp3) is 0.200. The summed E-state index contributed by atoms with van der Waals surface area (Å²) in [6.45, 7) is 4.75. The predicted molar refractivity (Wildman–Crippen MR) is 101 cm³/mol. The molecule has 0 atom stereocenters. The molecule has 28 heavy (non-hydrogen) atoms. The molecule has 0 saturated heterocycles. The number of non-ortho nitro benzene ring substituents is 1. The Morgan fingerprint density at radius 3 is 2.46 bits per heavy atom. The third-order valence-electron chi connectivity index (χ3n) is 4.27. The van der Waals surface area contributed by atoms with Crippen LogP contribution in [0, 0.1) is 10.1 Å². The second-order valence-corrected chi connectivity index (χ2v) is 5.99. The molecule has 0 N–H and O–H groups in total. The molecule has 0 radical (unpaired) electrons. The molecule has 1 aliphatic heterocycles. The van der Waals surface area contributed by atoms with Gasteiger partial charge in [0.25, 0.3) is 5.69 Å². The topological polar surface area (TPSA) is 99.0 Å². The number of nitro groups is 1. The number of fused-ring (bicyclic) bond motifs is 1. The number of ether oxygens (including phenoxy) is 2. The van der Waals surface area contributed by atoms with Gasteiger partial charge < -0.3 is 14.4 Å². The Bertz CT molecular complexity index is 961. The maximum atomic E-state index is 12.5. The molecule has 3 rings (SSSR count). The highest BCUT2D eigenvalue weighted by Gasteiger charge is 2.28. The van der Waals surface area contributed by atoms with E-state index in [1.54, 1.807) is 6.07 Å². The Hall–Kier alpha value is -3.68. The van der Waals surface area contributed by atoms with Crippen LogP contribution in [0.2, 0.25) is 0 Å². The molecule has 144 valence electrons. The number of hydrogen-bond acceptors (Lipinski definition) is 6. The van der Waals surface area contributed by atoms with Crippen molar-refractivity contribution in [1.29, 1.82) is 0 Å². The summed E-state index contributed by atoms with van der Waals surface area (Å²) in [7, 11) is 0. The van der Waals surface area contributed by atoms with Gasteiger partial charge in [-0.25, -0.2) is 4.79 Å². The third-order valence-corrected chi connectivity index (χ3v) is 4.27. The van der Waals surface area contributed by atoms with Gasteiger partial charge in [0.05, 0.1) is 10.5 Å². The average molecular weight is 382 g/mol.